The SMILES string of the molecule is CCCCOc1cc(OCCCC)c2c(c1)C1(CCS2=O)NC(=O)NC1=O. The third kappa shape index (κ3) is 3.81. The van der Waals surface area contributed by atoms with Gasteiger partial charge in [0.15, 0.2) is 0 Å². The molecule has 0 aliphatic carbocycles. The molecular formula is C19H26N2O5S. The van der Waals surface area contributed by atoms with Crippen LogP contribution in [0.4, 0.5) is 4.79 Å². The lowest BCUT2D eigenvalue weighted by molar-refractivity contribution is -0.124. The van der Waals surface area contributed by atoms with Gasteiger partial charge in [-0.2, -0.15) is 0 Å². The van der Waals surface area contributed by atoms with Crippen molar-refractivity contribution in [2.45, 2.75) is 56.4 Å². The average Bonchev–Trinajstić information content (AvgIpc) is 2.93. The van der Waals surface area contributed by atoms with Crippen LogP contribution in [0.25, 0.3) is 0 Å². The maximum atomic E-state index is 12.8. The van der Waals surface area contributed by atoms with Crippen molar-refractivity contribution in [2.24, 2.45) is 0 Å². The summed E-state index contributed by atoms with van der Waals surface area (Å²) in [6, 6.07) is 2.93. The normalized spacial score (nSPS) is 23.7. The lowest BCUT2D eigenvalue weighted by atomic mass is 9.86. The Bertz CT molecular complexity index is 767. The molecule has 2 atom stereocenters. The second kappa shape index (κ2) is 8.29. The van der Waals surface area contributed by atoms with Crippen molar-refractivity contribution in [1.82, 2.24) is 10.6 Å². The van der Waals surface area contributed by atoms with Gasteiger partial charge in [0, 0.05) is 17.4 Å². The standard InChI is InChI=1S/C19H26N2O5S/c1-3-5-8-25-13-11-14-16(15(12-13)26-9-6-4-2)27(24)10-7-19(14)17(22)20-18(23)21-19/h11-12H,3-10H2,1-2H3,(H2,20,21,22,23). The van der Waals surface area contributed by atoms with Crippen LogP contribution in [0.15, 0.2) is 17.0 Å². The van der Waals surface area contributed by atoms with Crippen LogP contribution in [-0.2, 0) is 21.1 Å². The number of imide groups is 1. The summed E-state index contributed by atoms with van der Waals surface area (Å²) in [5.41, 5.74) is -0.705. The first-order valence-corrected chi connectivity index (χ1v) is 10.8. The van der Waals surface area contributed by atoms with E-state index in [9.17, 15) is 13.8 Å². The summed E-state index contributed by atoms with van der Waals surface area (Å²) in [7, 11) is -1.31. The largest absolute Gasteiger partial charge is 0.493 e. The van der Waals surface area contributed by atoms with Gasteiger partial charge >= 0.3 is 6.03 Å². The number of urea groups is 1. The second-order valence-electron chi connectivity index (χ2n) is 6.82. The van der Waals surface area contributed by atoms with Crippen molar-refractivity contribution in [1.29, 1.82) is 0 Å². The minimum atomic E-state index is -1.31. The van der Waals surface area contributed by atoms with E-state index in [1.165, 1.54) is 0 Å². The highest BCUT2D eigenvalue weighted by molar-refractivity contribution is 7.85. The molecule has 3 rings (SSSR count). The van der Waals surface area contributed by atoms with E-state index in [2.05, 4.69) is 24.5 Å². The summed E-state index contributed by atoms with van der Waals surface area (Å²) in [5, 5.41) is 5.05. The Morgan fingerprint density at radius 1 is 1.11 bits per heavy atom. The molecule has 0 bridgehead atoms. The van der Waals surface area contributed by atoms with Crippen LogP contribution in [0.3, 0.4) is 0 Å². The third-order valence-corrected chi connectivity index (χ3v) is 6.29. The quantitative estimate of drug-likeness (QED) is 0.522. The van der Waals surface area contributed by atoms with Crippen molar-refractivity contribution < 1.29 is 23.3 Å². The van der Waals surface area contributed by atoms with Crippen LogP contribution in [0, 0.1) is 0 Å². The summed E-state index contributed by atoms with van der Waals surface area (Å²) in [5.74, 6) is 0.885. The fourth-order valence-corrected chi connectivity index (χ4v) is 4.84. The van der Waals surface area contributed by atoms with Crippen LogP contribution in [0.1, 0.15) is 51.5 Å². The minimum Gasteiger partial charge on any atom is -0.493 e. The van der Waals surface area contributed by atoms with E-state index in [1.54, 1.807) is 12.1 Å². The van der Waals surface area contributed by atoms with E-state index >= 15 is 0 Å². The van der Waals surface area contributed by atoms with Gasteiger partial charge < -0.3 is 14.8 Å². The topological polar surface area (TPSA) is 93.7 Å². The van der Waals surface area contributed by atoms with Crippen LogP contribution in [0.2, 0.25) is 0 Å². The molecule has 2 N–H and O–H groups in total. The smallest absolute Gasteiger partial charge is 0.322 e. The van der Waals surface area contributed by atoms with Crippen LogP contribution >= 0.6 is 0 Å². The molecule has 0 radical (unpaired) electrons. The zero-order chi connectivity index (χ0) is 19.4. The van der Waals surface area contributed by atoms with E-state index in [1.807, 2.05) is 0 Å². The van der Waals surface area contributed by atoms with E-state index in [0.717, 1.165) is 25.7 Å². The lowest BCUT2D eigenvalue weighted by Gasteiger charge is -2.33. The molecule has 1 fully saturated rings. The van der Waals surface area contributed by atoms with Crippen molar-refractivity contribution in [3.8, 4) is 11.5 Å². The molecule has 8 heteroatoms. The molecule has 1 aromatic rings. The molecule has 3 amide bonds. The summed E-state index contributed by atoms with van der Waals surface area (Å²) < 4.78 is 24.5. The van der Waals surface area contributed by atoms with E-state index in [0.29, 0.717) is 35.2 Å². The first-order chi connectivity index (χ1) is 13.0. The number of hydrogen-bond donors (Lipinski definition) is 2. The fourth-order valence-electron chi connectivity index (χ4n) is 3.32. The van der Waals surface area contributed by atoms with E-state index < -0.39 is 28.3 Å². The number of unbranched alkanes of at least 4 members (excludes halogenated alkanes) is 2. The highest BCUT2D eigenvalue weighted by Gasteiger charge is 2.52. The third-order valence-electron chi connectivity index (χ3n) is 4.84. The zero-order valence-electron chi connectivity index (χ0n) is 15.8. The molecule has 2 unspecified atom stereocenters. The predicted octanol–water partition coefficient (Wildman–Crippen LogP) is 2.59. The first kappa shape index (κ1) is 19.7. The van der Waals surface area contributed by atoms with Crippen molar-refractivity contribution in [2.75, 3.05) is 19.0 Å². The number of ether oxygens (including phenoxy) is 2. The molecule has 148 valence electrons. The van der Waals surface area contributed by atoms with E-state index in [4.69, 9.17) is 9.47 Å². The van der Waals surface area contributed by atoms with Gasteiger partial charge in [0.1, 0.15) is 17.0 Å². The number of amides is 3. The first-order valence-electron chi connectivity index (χ1n) is 9.48. The Balaban J connectivity index is 2.06. The highest BCUT2D eigenvalue weighted by atomic mass is 32.2. The van der Waals surface area contributed by atoms with Crippen molar-refractivity contribution >= 4 is 22.7 Å². The van der Waals surface area contributed by atoms with Crippen molar-refractivity contribution in [3.63, 3.8) is 0 Å². The molecule has 1 spiro atoms. The van der Waals surface area contributed by atoms with Crippen LogP contribution < -0.4 is 20.1 Å². The number of fused-ring (bicyclic) bond motifs is 2. The van der Waals surface area contributed by atoms with Crippen molar-refractivity contribution in [3.05, 3.63) is 17.7 Å². The van der Waals surface area contributed by atoms with E-state index in [-0.39, 0.29) is 12.2 Å². The molecule has 0 saturated carbocycles. The molecule has 2 heterocycles. The molecule has 1 saturated heterocycles. The number of hydrogen-bond acceptors (Lipinski definition) is 5. The number of nitrogens with one attached hydrogen (secondary N) is 2. The summed E-state index contributed by atoms with van der Waals surface area (Å²) in [6.07, 6.45) is 4.01. The maximum absolute atomic E-state index is 12.8. The molecule has 7 nitrogen and oxygen atoms in total. The number of carbonyl (C=O) groups is 2. The van der Waals surface area contributed by atoms with Crippen LogP contribution in [-0.4, -0.2) is 35.1 Å². The maximum Gasteiger partial charge on any atom is 0.322 e. The minimum absolute atomic E-state index is 0.275. The Morgan fingerprint density at radius 3 is 2.44 bits per heavy atom. The fraction of sp³-hybridized carbons (Fsp3) is 0.579. The molecule has 0 aromatic heterocycles. The highest BCUT2D eigenvalue weighted by Crippen LogP contribution is 2.44. The number of benzene rings is 1. The lowest BCUT2D eigenvalue weighted by Crippen LogP contribution is -2.48. The molecule has 2 aliphatic rings. The Kier molecular flexibility index (Phi) is 6.04. The van der Waals surface area contributed by atoms with Crippen LogP contribution in [0.5, 0.6) is 11.5 Å². The Morgan fingerprint density at radius 2 is 1.81 bits per heavy atom. The summed E-state index contributed by atoms with van der Waals surface area (Å²) >= 11 is 0. The average molecular weight is 394 g/mol. The molecule has 27 heavy (non-hydrogen) atoms. The van der Waals surface area contributed by atoms with Gasteiger partial charge in [0.2, 0.25) is 0 Å². The van der Waals surface area contributed by atoms with Gasteiger partial charge in [-0.25, -0.2) is 4.79 Å². The molecule has 1 aromatic carbocycles. The Hall–Kier alpha value is -2.09. The number of rotatable bonds is 8. The van der Waals surface area contributed by atoms with Gasteiger partial charge in [0.05, 0.1) is 28.9 Å². The number of carbonyl (C=O) groups excluding carboxylic acids is 2. The zero-order valence-corrected chi connectivity index (χ0v) is 16.6. The van der Waals surface area contributed by atoms with Gasteiger partial charge in [-0.05, 0) is 25.3 Å². The second-order valence-corrected chi connectivity index (χ2v) is 8.32. The summed E-state index contributed by atoms with van der Waals surface area (Å²) in [4.78, 5) is 24.9. The van der Waals surface area contributed by atoms with Gasteiger partial charge in [-0.15, -0.1) is 0 Å². The summed E-state index contributed by atoms with van der Waals surface area (Å²) in [6.45, 7) is 5.17. The van der Waals surface area contributed by atoms with Gasteiger partial charge in [-0.1, -0.05) is 26.7 Å². The molecular weight excluding hydrogens is 368 g/mol. The molecule has 2 aliphatic heterocycles. The monoisotopic (exact) mass is 394 g/mol. The van der Waals surface area contributed by atoms with Gasteiger partial charge in [-0.3, -0.25) is 14.3 Å². The Labute approximate surface area is 161 Å². The predicted molar refractivity (Wildman–Crippen MR) is 101 cm³/mol. The van der Waals surface area contributed by atoms with Gasteiger partial charge in [0.25, 0.3) is 5.91 Å².